The molecule has 4 rings (SSSR count). The van der Waals surface area contributed by atoms with Gasteiger partial charge in [0.15, 0.2) is 0 Å². The summed E-state index contributed by atoms with van der Waals surface area (Å²) in [6, 6.07) is 25.7. The molecule has 0 spiro atoms. The molecule has 0 N–H and O–H groups in total. The van der Waals surface area contributed by atoms with Crippen molar-refractivity contribution < 1.29 is 9.53 Å². The van der Waals surface area contributed by atoms with Crippen molar-refractivity contribution in [2.24, 2.45) is 0 Å². The summed E-state index contributed by atoms with van der Waals surface area (Å²) in [5, 5.41) is 0. The van der Waals surface area contributed by atoms with Gasteiger partial charge in [-0.15, -0.1) is 0 Å². The van der Waals surface area contributed by atoms with E-state index in [0.717, 1.165) is 28.2 Å². The molecule has 3 aromatic rings. The van der Waals surface area contributed by atoms with Crippen LogP contribution in [-0.4, -0.2) is 17.9 Å². The Bertz CT molecular complexity index is 890. The van der Waals surface area contributed by atoms with E-state index in [1.807, 2.05) is 78.7 Å². The van der Waals surface area contributed by atoms with Crippen LogP contribution in [0.25, 0.3) is 0 Å². The summed E-state index contributed by atoms with van der Waals surface area (Å²) in [5.41, 5.74) is 2.96. The molecule has 0 bridgehead atoms. The number of fused-ring (bicyclic) bond motifs is 2. The zero-order valence-corrected chi connectivity index (χ0v) is 14.9. The summed E-state index contributed by atoms with van der Waals surface area (Å²) < 4.78 is 6.01. The minimum absolute atomic E-state index is 0.00845. The van der Waals surface area contributed by atoms with Gasteiger partial charge < -0.3 is 9.64 Å². The second-order valence-corrected chi connectivity index (χ2v) is 6.65. The Morgan fingerprint density at radius 3 is 1.92 bits per heavy atom. The lowest BCUT2D eigenvalue weighted by molar-refractivity contribution is -0.132. The van der Waals surface area contributed by atoms with E-state index in [0.29, 0.717) is 0 Å². The van der Waals surface area contributed by atoms with Crippen LogP contribution >= 0.6 is 0 Å². The van der Waals surface area contributed by atoms with E-state index in [1.54, 1.807) is 0 Å². The second-order valence-electron chi connectivity index (χ2n) is 6.65. The number of ether oxygens (including phenoxy) is 1. The van der Waals surface area contributed by atoms with Crippen LogP contribution in [0.5, 0.6) is 11.5 Å². The lowest BCUT2D eigenvalue weighted by atomic mass is 9.86. The molecule has 26 heavy (non-hydrogen) atoms. The highest BCUT2D eigenvalue weighted by Crippen LogP contribution is 2.45. The summed E-state index contributed by atoms with van der Waals surface area (Å²) in [4.78, 5) is 15.3. The van der Waals surface area contributed by atoms with Crippen molar-refractivity contribution in [3.8, 4) is 11.5 Å². The maximum Gasteiger partial charge on any atom is 0.235 e. The molecule has 1 aliphatic heterocycles. The van der Waals surface area contributed by atoms with Gasteiger partial charge in [-0.05, 0) is 24.6 Å². The van der Waals surface area contributed by atoms with Crippen LogP contribution < -0.4 is 4.74 Å². The molecule has 130 valence electrons. The van der Waals surface area contributed by atoms with Crippen molar-refractivity contribution in [1.29, 1.82) is 0 Å². The fraction of sp³-hybridized carbons (Fsp3) is 0.174. The van der Waals surface area contributed by atoms with Crippen molar-refractivity contribution >= 4 is 5.91 Å². The van der Waals surface area contributed by atoms with Gasteiger partial charge in [-0.1, -0.05) is 66.7 Å². The molecule has 1 atom stereocenters. The molecule has 3 aromatic carbocycles. The Hall–Kier alpha value is -3.07. The van der Waals surface area contributed by atoms with Gasteiger partial charge in [0.05, 0.1) is 12.0 Å². The number of nitrogens with zero attached hydrogens (tertiary/aromatic N) is 1. The number of benzene rings is 3. The third-order valence-electron chi connectivity index (χ3n) is 5.14. The fourth-order valence-electron chi connectivity index (χ4n) is 3.53. The smallest absolute Gasteiger partial charge is 0.235 e. The number of carbonyl (C=O) groups excluding carboxylic acids is 1. The summed E-state index contributed by atoms with van der Waals surface area (Å²) in [5.74, 6) is 1.23. The normalized spacial score (nSPS) is 13.9. The van der Waals surface area contributed by atoms with Gasteiger partial charge in [-0.3, -0.25) is 4.79 Å². The molecule has 3 heteroatoms. The number of amides is 1. The number of para-hydroxylation sites is 2. The quantitative estimate of drug-likeness (QED) is 0.659. The molecule has 1 amide bonds. The lowest BCUT2D eigenvalue weighted by Gasteiger charge is -2.33. The third kappa shape index (κ3) is 2.76. The first-order chi connectivity index (χ1) is 12.7. The van der Waals surface area contributed by atoms with Crippen LogP contribution in [0.3, 0.4) is 0 Å². The Morgan fingerprint density at radius 1 is 0.846 bits per heavy atom. The number of hydrogen-bond acceptors (Lipinski definition) is 2. The zero-order chi connectivity index (χ0) is 18.1. The molecule has 0 aromatic heterocycles. The van der Waals surface area contributed by atoms with Gasteiger partial charge in [-0.25, -0.2) is 0 Å². The molecule has 0 radical (unpaired) electrons. The molecule has 1 aliphatic rings. The largest absolute Gasteiger partial charge is 0.457 e. The average Bonchev–Trinajstić information content (AvgIpc) is 2.71. The number of carbonyl (C=O) groups is 1. The number of likely N-dealkylation sites (N-methyl/N-ethyl adjacent to an activating group) is 1. The third-order valence-corrected chi connectivity index (χ3v) is 5.14. The summed E-state index contributed by atoms with van der Waals surface area (Å²) in [7, 11) is 1.88. The van der Waals surface area contributed by atoms with E-state index >= 15 is 0 Å². The molecular weight excluding hydrogens is 322 g/mol. The molecule has 0 unspecified atom stereocenters. The molecule has 1 heterocycles. The second kappa shape index (κ2) is 6.68. The topological polar surface area (TPSA) is 29.5 Å². The van der Waals surface area contributed by atoms with E-state index in [2.05, 4.69) is 19.1 Å². The molecule has 3 nitrogen and oxygen atoms in total. The van der Waals surface area contributed by atoms with E-state index in [4.69, 9.17) is 4.74 Å². The van der Waals surface area contributed by atoms with Crippen LogP contribution in [0, 0.1) is 0 Å². The summed E-state index contributed by atoms with van der Waals surface area (Å²) in [6.07, 6.45) is 0. The van der Waals surface area contributed by atoms with E-state index in [-0.39, 0.29) is 17.9 Å². The van der Waals surface area contributed by atoms with Crippen molar-refractivity contribution in [2.45, 2.75) is 18.9 Å². The van der Waals surface area contributed by atoms with Gasteiger partial charge in [0.25, 0.3) is 0 Å². The number of hydrogen-bond donors (Lipinski definition) is 0. The highest BCUT2D eigenvalue weighted by atomic mass is 16.5. The monoisotopic (exact) mass is 343 g/mol. The van der Waals surface area contributed by atoms with Crippen LogP contribution in [0.15, 0.2) is 78.9 Å². The van der Waals surface area contributed by atoms with Gasteiger partial charge in [0, 0.05) is 18.2 Å². The van der Waals surface area contributed by atoms with Crippen LogP contribution in [0.1, 0.15) is 35.6 Å². The maximum atomic E-state index is 13.5. The zero-order valence-electron chi connectivity index (χ0n) is 14.9. The highest BCUT2D eigenvalue weighted by molar-refractivity contribution is 5.89. The molecule has 0 saturated heterocycles. The predicted octanol–water partition coefficient (Wildman–Crippen LogP) is 5.14. The average molecular weight is 343 g/mol. The Labute approximate surface area is 153 Å². The summed E-state index contributed by atoms with van der Waals surface area (Å²) in [6.45, 7) is 2.06. The van der Waals surface area contributed by atoms with Gasteiger partial charge in [0.2, 0.25) is 5.91 Å². The first-order valence-electron chi connectivity index (χ1n) is 8.84. The van der Waals surface area contributed by atoms with Gasteiger partial charge in [0.1, 0.15) is 11.5 Å². The fourth-order valence-corrected chi connectivity index (χ4v) is 3.53. The van der Waals surface area contributed by atoms with E-state index in [9.17, 15) is 4.79 Å². The van der Waals surface area contributed by atoms with Crippen molar-refractivity contribution in [3.63, 3.8) is 0 Å². The van der Waals surface area contributed by atoms with Crippen LogP contribution in [0.2, 0.25) is 0 Å². The minimum Gasteiger partial charge on any atom is -0.457 e. The standard InChI is InChI=1S/C23H21NO2/c1-16(17-10-4-3-5-11-17)24(2)23(25)22-18-12-6-8-14-20(18)26-21-15-9-7-13-19(21)22/h3-16,22H,1-2H3/t16-/m0/s1. The van der Waals surface area contributed by atoms with Crippen LogP contribution in [-0.2, 0) is 4.79 Å². The molecule has 0 aliphatic carbocycles. The van der Waals surface area contributed by atoms with Gasteiger partial charge >= 0.3 is 0 Å². The Balaban J connectivity index is 1.74. The first kappa shape index (κ1) is 16.4. The number of rotatable bonds is 3. The Morgan fingerprint density at radius 2 is 1.35 bits per heavy atom. The van der Waals surface area contributed by atoms with E-state index < -0.39 is 0 Å². The predicted molar refractivity (Wildman–Crippen MR) is 102 cm³/mol. The maximum absolute atomic E-state index is 13.5. The Kier molecular flexibility index (Phi) is 4.21. The van der Waals surface area contributed by atoms with Crippen molar-refractivity contribution in [2.75, 3.05) is 7.05 Å². The first-order valence-corrected chi connectivity index (χ1v) is 8.84. The highest BCUT2D eigenvalue weighted by Gasteiger charge is 2.35. The van der Waals surface area contributed by atoms with Crippen molar-refractivity contribution in [3.05, 3.63) is 95.6 Å². The lowest BCUT2D eigenvalue weighted by Crippen LogP contribution is -2.35. The van der Waals surface area contributed by atoms with Crippen LogP contribution in [0.4, 0.5) is 0 Å². The summed E-state index contributed by atoms with van der Waals surface area (Å²) >= 11 is 0. The SMILES string of the molecule is C[C@@H](c1ccccc1)N(C)C(=O)C1c2ccccc2Oc2ccccc21. The molecule has 0 fully saturated rings. The molecular formula is C23H21NO2. The minimum atomic E-state index is -0.354. The molecule has 0 saturated carbocycles. The van der Waals surface area contributed by atoms with Crippen molar-refractivity contribution in [1.82, 2.24) is 4.90 Å². The van der Waals surface area contributed by atoms with E-state index in [1.165, 1.54) is 0 Å². The van der Waals surface area contributed by atoms with Gasteiger partial charge in [-0.2, -0.15) is 0 Å².